The lowest BCUT2D eigenvalue weighted by atomic mass is 10.1. The molecule has 0 spiro atoms. The zero-order chi connectivity index (χ0) is 30.6. The van der Waals surface area contributed by atoms with E-state index in [4.69, 9.17) is 56.8 Å². The van der Waals surface area contributed by atoms with Crippen LogP contribution in [0, 0.1) is 5.92 Å². The molecule has 254 valence electrons. The summed E-state index contributed by atoms with van der Waals surface area (Å²) in [5, 5.41) is 0. The molecule has 0 fully saturated rings. The van der Waals surface area contributed by atoms with E-state index in [1.54, 1.807) is 0 Å². The molecular formula is C30H62O12. The molecule has 42 heavy (non-hydrogen) atoms. The summed E-state index contributed by atoms with van der Waals surface area (Å²) in [5.41, 5.74) is 0. The van der Waals surface area contributed by atoms with E-state index in [0.717, 1.165) is 13.0 Å². The van der Waals surface area contributed by atoms with Crippen LogP contribution < -0.4 is 0 Å². The molecule has 1 atom stereocenters. The van der Waals surface area contributed by atoms with Crippen molar-refractivity contribution < 1.29 is 56.8 Å². The molecule has 0 aliphatic rings. The van der Waals surface area contributed by atoms with Crippen molar-refractivity contribution in [1.29, 1.82) is 0 Å². The van der Waals surface area contributed by atoms with Crippen LogP contribution in [0.2, 0.25) is 0 Å². The lowest BCUT2D eigenvalue weighted by molar-refractivity contribution is -0.0294. The Morgan fingerprint density at radius 3 is 0.738 bits per heavy atom. The maximum atomic E-state index is 5.53. The van der Waals surface area contributed by atoms with Gasteiger partial charge in [0.25, 0.3) is 0 Å². The van der Waals surface area contributed by atoms with Crippen molar-refractivity contribution >= 4 is 0 Å². The van der Waals surface area contributed by atoms with Gasteiger partial charge in [0.15, 0.2) is 0 Å². The van der Waals surface area contributed by atoms with E-state index in [2.05, 4.69) is 13.8 Å². The Labute approximate surface area is 255 Å². The van der Waals surface area contributed by atoms with Crippen molar-refractivity contribution in [3.05, 3.63) is 0 Å². The van der Waals surface area contributed by atoms with Crippen molar-refractivity contribution in [3.8, 4) is 0 Å². The van der Waals surface area contributed by atoms with Gasteiger partial charge < -0.3 is 56.8 Å². The summed E-state index contributed by atoms with van der Waals surface area (Å²) in [6.45, 7) is 21.2. The molecule has 0 bridgehead atoms. The van der Waals surface area contributed by atoms with Crippen LogP contribution in [0.3, 0.4) is 0 Å². The lowest BCUT2D eigenvalue weighted by Gasteiger charge is -2.10. The summed E-state index contributed by atoms with van der Waals surface area (Å²) in [6, 6.07) is 0. The van der Waals surface area contributed by atoms with Crippen LogP contribution in [0.15, 0.2) is 0 Å². The molecule has 0 aliphatic heterocycles. The predicted octanol–water partition coefficient (Wildman–Crippen LogP) is 2.64. The molecular weight excluding hydrogens is 552 g/mol. The second-order valence-corrected chi connectivity index (χ2v) is 9.63. The van der Waals surface area contributed by atoms with Gasteiger partial charge in [-0.1, -0.05) is 20.3 Å². The molecule has 0 rings (SSSR count). The molecule has 0 aromatic carbocycles. The summed E-state index contributed by atoms with van der Waals surface area (Å²) in [7, 11) is 0. The summed E-state index contributed by atoms with van der Waals surface area (Å²) in [4.78, 5) is 0. The maximum Gasteiger partial charge on any atom is 0.0703 e. The molecule has 0 saturated heterocycles. The van der Waals surface area contributed by atoms with Gasteiger partial charge >= 0.3 is 0 Å². The summed E-state index contributed by atoms with van der Waals surface area (Å²) >= 11 is 0. The van der Waals surface area contributed by atoms with E-state index < -0.39 is 0 Å². The maximum absolute atomic E-state index is 5.53. The van der Waals surface area contributed by atoms with Crippen molar-refractivity contribution in [2.24, 2.45) is 5.92 Å². The average Bonchev–Trinajstić information content (AvgIpc) is 2.98. The Morgan fingerprint density at radius 2 is 0.524 bits per heavy atom. The lowest BCUT2D eigenvalue weighted by Crippen LogP contribution is -2.15. The SMILES string of the molecule is CCC(C)COCCOCCOCCOCCOCCOCCOCCOCCOCCOCCOCCOC(C)C. The molecule has 0 aliphatic carbocycles. The molecule has 1 unspecified atom stereocenters. The van der Waals surface area contributed by atoms with E-state index in [1.165, 1.54) is 0 Å². The van der Waals surface area contributed by atoms with Crippen LogP contribution in [0.1, 0.15) is 34.1 Å². The van der Waals surface area contributed by atoms with Crippen LogP contribution in [0.4, 0.5) is 0 Å². The van der Waals surface area contributed by atoms with Crippen molar-refractivity contribution in [2.75, 3.05) is 152 Å². The van der Waals surface area contributed by atoms with Crippen LogP contribution in [0.5, 0.6) is 0 Å². The molecule has 0 N–H and O–H groups in total. The minimum Gasteiger partial charge on any atom is -0.379 e. The first-order valence-corrected chi connectivity index (χ1v) is 15.6. The van der Waals surface area contributed by atoms with Gasteiger partial charge in [0, 0.05) is 6.61 Å². The van der Waals surface area contributed by atoms with E-state index >= 15 is 0 Å². The molecule has 12 heteroatoms. The Kier molecular flexibility index (Phi) is 36.3. The first-order valence-electron chi connectivity index (χ1n) is 15.6. The van der Waals surface area contributed by atoms with Gasteiger partial charge in [-0.2, -0.15) is 0 Å². The average molecular weight is 615 g/mol. The Hall–Kier alpha value is -0.480. The molecule has 0 heterocycles. The van der Waals surface area contributed by atoms with Crippen LogP contribution in [-0.2, 0) is 56.8 Å². The van der Waals surface area contributed by atoms with Crippen molar-refractivity contribution in [2.45, 2.75) is 40.2 Å². The molecule has 0 radical (unpaired) electrons. The third-order valence-corrected chi connectivity index (χ3v) is 5.50. The molecule has 12 nitrogen and oxygen atoms in total. The highest BCUT2D eigenvalue weighted by molar-refractivity contribution is 4.46. The largest absolute Gasteiger partial charge is 0.379 e. The Bertz CT molecular complexity index is 487. The van der Waals surface area contributed by atoms with Gasteiger partial charge in [0.05, 0.1) is 151 Å². The zero-order valence-electron chi connectivity index (χ0n) is 27.0. The molecule has 0 aromatic heterocycles. The van der Waals surface area contributed by atoms with E-state index in [1.807, 2.05) is 13.8 Å². The number of hydrogen-bond acceptors (Lipinski definition) is 12. The highest BCUT2D eigenvalue weighted by atomic mass is 16.6. The fourth-order valence-electron chi connectivity index (χ4n) is 2.94. The van der Waals surface area contributed by atoms with Gasteiger partial charge in [-0.05, 0) is 19.8 Å². The summed E-state index contributed by atoms with van der Waals surface area (Å²) < 4.78 is 65.5. The molecule has 0 amide bonds. The van der Waals surface area contributed by atoms with Gasteiger partial charge in [0.1, 0.15) is 0 Å². The fraction of sp³-hybridized carbons (Fsp3) is 1.00. The Balaban J connectivity index is 3.04. The summed E-state index contributed by atoms with van der Waals surface area (Å²) in [6.07, 6.45) is 1.37. The van der Waals surface area contributed by atoms with E-state index in [9.17, 15) is 0 Å². The molecule has 0 aromatic rings. The van der Waals surface area contributed by atoms with Gasteiger partial charge in [0.2, 0.25) is 0 Å². The first kappa shape index (κ1) is 41.5. The summed E-state index contributed by atoms with van der Waals surface area (Å²) in [5.74, 6) is 0.599. The van der Waals surface area contributed by atoms with Gasteiger partial charge in [-0.15, -0.1) is 0 Å². The van der Waals surface area contributed by atoms with Crippen molar-refractivity contribution in [1.82, 2.24) is 0 Å². The van der Waals surface area contributed by atoms with E-state index in [0.29, 0.717) is 151 Å². The highest BCUT2D eigenvalue weighted by Crippen LogP contribution is 2.00. The molecule has 0 saturated carbocycles. The zero-order valence-corrected chi connectivity index (χ0v) is 27.0. The number of hydrogen-bond donors (Lipinski definition) is 0. The van der Waals surface area contributed by atoms with Crippen molar-refractivity contribution in [3.63, 3.8) is 0 Å². The van der Waals surface area contributed by atoms with Crippen LogP contribution in [-0.4, -0.2) is 158 Å². The standard InChI is InChI=1S/C30H62O12/c1-5-30(4)28-41-25-24-39-21-20-37-17-16-35-13-12-33-9-8-31-6-7-32-10-11-34-14-15-36-18-19-38-22-23-40-26-27-42-29(2)3/h29-30H,5-28H2,1-4H3. The second-order valence-electron chi connectivity index (χ2n) is 9.63. The number of rotatable bonds is 37. The van der Waals surface area contributed by atoms with Crippen LogP contribution in [0.25, 0.3) is 0 Å². The Morgan fingerprint density at radius 1 is 0.310 bits per heavy atom. The smallest absolute Gasteiger partial charge is 0.0703 e. The minimum absolute atomic E-state index is 0.233. The topological polar surface area (TPSA) is 111 Å². The van der Waals surface area contributed by atoms with Crippen LogP contribution >= 0.6 is 0 Å². The first-order chi connectivity index (χ1) is 20.7. The third kappa shape index (κ3) is 37.5. The predicted molar refractivity (Wildman–Crippen MR) is 160 cm³/mol. The van der Waals surface area contributed by atoms with Gasteiger partial charge in [-0.25, -0.2) is 0 Å². The van der Waals surface area contributed by atoms with E-state index in [-0.39, 0.29) is 6.10 Å². The third-order valence-electron chi connectivity index (χ3n) is 5.50. The van der Waals surface area contributed by atoms with Gasteiger partial charge in [-0.3, -0.25) is 0 Å². The fourth-order valence-corrected chi connectivity index (χ4v) is 2.94. The highest BCUT2D eigenvalue weighted by Gasteiger charge is 1.99. The monoisotopic (exact) mass is 614 g/mol. The normalized spacial score (nSPS) is 12.5. The number of ether oxygens (including phenoxy) is 12. The minimum atomic E-state index is 0.233. The second kappa shape index (κ2) is 36.7. The quantitative estimate of drug-likeness (QED) is 0.0960.